The van der Waals surface area contributed by atoms with Gasteiger partial charge in [-0.25, -0.2) is 0 Å². The maximum Gasteiger partial charge on any atom is 0.136 e. The molecule has 9 nitrogen and oxygen atoms in total. The third-order valence-electron chi connectivity index (χ3n) is 21.7. The van der Waals surface area contributed by atoms with Crippen LogP contribution in [0.15, 0.2) is 318 Å². The summed E-state index contributed by atoms with van der Waals surface area (Å²) in [5.74, 6) is -0.329. The first-order valence-electron chi connectivity index (χ1n) is 34.0. The highest BCUT2D eigenvalue weighted by Gasteiger charge is 2.28. The first-order chi connectivity index (χ1) is 49.5. The van der Waals surface area contributed by atoms with Crippen LogP contribution < -0.4 is 0 Å². The maximum absolute atomic E-state index is 6.93. The van der Waals surface area contributed by atoms with Crippen molar-refractivity contribution in [2.75, 3.05) is 0 Å². The number of hydrogen-bond donors (Lipinski definition) is 0. The number of para-hydroxylation sites is 6. The fourth-order valence-corrected chi connectivity index (χ4v) is 17.6. The molecule has 15 aromatic carbocycles. The summed E-state index contributed by atoms with van der Waals surface area (Å²) >= 11 is 0. The van der Waals surface area contributed by atoms with Crippen LogP contribution in [0.3, 0.4) is 0 Å². The Balaban J connectivity index is 0.743. The van der Waals surface area contributed by atoms with Gasteiger partial charge in [0.15, 0.2) is 0 Å². The van der Waals surface area contributed by atoms with E-state index in [1.165, 1.54) is 32.3 Å². The van der Waals surface area contributed by atoms with Gasteiger partial charge in [-0.2, -0.15) is 0 Å². The predicted octanol–water partition coefficient (Wildman–Crippen LogP) is 25.6. The van der Waals surface area contributed by atoms with Crippen molar-refractivity contribution in [3.05, 3.63) is 308 Å². The number of aromatic nitrogens is 3. The first-order valence-corrected chi connectivity index (χ1v) is 34.0. The van der Waals surface area contributed by atoms with Crippen LogP contribution in [0.2, 0.25) is 0 Å². The van der Waals surface area contributed by atoms with E-state index in [1.807, 2.05) is 0 Å². The van der Waals surface area contributed by atoms with Crippen LogP contribution in [-0.4, -0.2) is 13.7 Å². The molecule has 0 N–H and O–H groups in total. The lowest BCUT2D eigenvalue weighted by Gasteiger charge is -2.19. The van der Waals surface area contributed by atoms with Gasteiger partial charge in [-0.05, 0) is 180 Å². The summed E-state index contributed by atoms with van der Waals surface area (Å²) in [4.78, 5) is 0. The molecule has 0 fully saturated rings. The van der Waals surface area contributed by atoms with Crippen molar-refractivity contribution in [1.82, 2.24) is 13.7 Å². The largest absolute Gasteiger partial charge is 0.456 e. The second kappa shape index (κ2) is 19.2. The van der Waals surface area contributed by atoms with E-state index in [0.717, 1.165) is 198 Å². The van der Waals surface area contributed by atoms with Crippen LogP contribution in [0.4, 0.5) is 0 Å². The standard InChI is InChI=1S/C91H49N3O6/c1-7-19-67-55(13-1)56-14-2-8-20-68(56)92(67)52-28-34-76-64(46-52)89-82(98-76)40-37-79-86(89)61-43-49(25-31-73(61)95-79)85(50-26-32-74-62(44-50)87-80(96-74)38-41-83-90(87)65-47-53(29-35-77(65)99-83)93-69-21-9-3-15-57(69)58-16-4-10-22-70(58)93)51-27-33-75-63(45-51)88-81(97-75)39-42-84-91(88)66-48-54(30-36-78(66)100-84)94-71-23-11-5-17-59(71)60-18-6-12-24-72(60)94/h1-48,85H. The predicted molar refractivity (Wildman–Crippen MR) is 407 cm³/mol. The van der Waals surface area contributed by atoms with Crippen LogP contribution in [0, 0.1) is 0 Å². The number of hydrogen-bond acceptors (Lipinski definition) is 6. The number of fused-ring (bicyclic) bond motifs is 30. The van der Waals surface area contributed by atoms with E-state index in [9.17, 15) is 0 Å². The lowest BCUT2D eigenvalue weighted by atomic mass is 9.83. The summed E-state index contributed by atoms with van der Waals surface area (Å²) in [5.41, 5.74) is 22.8. The highest BCUT2D eigenvalue weighted by Crippen LogP contribution is 2.49. The van der Waals surface area contributed by atoms with Gasteiger partial charge in [0, 0.05) is 120 Å². The number of rotatable bonds is 6. The Morgan fingerprint density at radius 1 is 0.170 bits per heavy atom. The van der Waals surface area contributed by atoms with Crippen molar-refractivity contribution in [2.45, 2.75) is 5.92 Å². The van der Waals surface area contributed by atoms with Crippen molar-refractivity contribution in [1.29, 1.82) is 0 Å². The molecule has 9 heteroatoms. The van der Waals surface area contributed by atoms with Crippen LogP contribution in [0.25, 0.3) is 214 Å². The normalized spacial score (nSPS) is 12.7. The number of furan rings is 6. The Hall–Kier alpha value is -13.5. The van der Waals surface area contributed by atoms with Gasteiger partial charge in [0.2, 0.25) is 0 Å². The summed E-state index contributed by atoms with van der Waals surface area (Å²) in [5, 5.41) is 19.3. The SMILES string of the molecule is c1ccc2c(c1)c1ccccc1n2-c1ccc2oc3ccc4oc5ccc(C(c6ccc7oc8ccc9oc%10ccc(-n%11c%12ccccc%12c%12ccccc%12%11)cc%10c9c8c7c6)c6ccc7oc8ccc9oc%10ccc(-n%11c%12ccccc%12c%12ccccc%12%11)cc%10c9c8c7c6)cc5c4c3c2c1. The molecular formula is C91H49N3O6. The molecule has 464 valence electrons. The topological polar surface area (TPSA) is 93.6 Å². The zero-order valence-corrected chi connectivity index (χ0v) is 53.1. The van der Waals surface area contributed by atoms with Gasteiger partial charge in [0.05, 0.1) is 33.1 Å². The van der Waals surface area contributed by atoms with E-state index >= 15 is 0 Å². The second-order valence-electron chi connectivity index (χ2n) is 26.9. The molecule has 0 atom stereocenters. The summed E-state index contributed by atoms with van der Waals surface area (Å²) in [6, 6.07) is 104. The molecular weight excluding hydrogens is 1230 g/mol. The molecule has 0 saturated heterocycles. The summed E-state index contributed by atoms with van der Waals surface area (Å²) in [6.45, 7) is 0. The molecule has 9 aromatic heterocycles. The van der Waals surface area contributed by atoms with E-state index in [0.29, 0.717) is 0 Å². The molecule has 0 aliphatic carbocycles. The van der Waals surface area contributed by atoms with E-state index in [4.69, 9.17) is 26.5 Å². The molecule has 100 heavy (non-hydrogen) atoms. The minimum atomic E-state index is -0.329. The van der Waals surface area contributed by atoms with Crippen molar-refractivity contribution in [3.63, 3.8) is 0 Å². The Morgan fingerprint density at radius 3 is 0.590 bits per heavy atom. The van der Waals surface area contributed by atoms with Gasteiger partial charge in [-0.3, -0.25) is 0 Å². The Kier molecular flexibility index (Phi) is 10.1. The van der Waals surface area contributed by atoms with Crippen LogP contribution in [0.5, 0.6) is 0 Å². The Labute approximate surface area is 564 Å². The second-order valence-corrected chi connectivity index (χ2v) is 26.9. The summed E-state index contributed by atoms with van der Waals surface area (Å²) in [6.07, 6.45) is 0. The van der Waals surface area contributed by atoms with Gasteiger partial charge < -0.3 is 40.2 Å². The van der Waals surface area contributed by atoms with E-state index in [1.54, 1.807) is 0 Å². The number of nitrogens with zero attached hydrogens (tertiary/aromatic N) is 3. The lowest BCUT2D eigenvalue weighted by Crippen LogP contribution is -2.03. The molecule has 0 spiro atoms. The Bertz CT molecular complexity index is 6870. The first kappa shape index (κ1) is 52.7. The minimum Gasteiger partial charge on any atom is -0.456 e. The molecule has 0 aliphatic rings. The monoisotopic (exact) mass is 1280 g/mol. The van der Waals surface area contributed by atoms with Crippen LogP contribution in [0.1, 0.15) is 22.6 Å². The third kappa shape index (κ3) is 7.03. The average molecular weight is 1280 g/mol. The summed E-state index contributed by atoms with van der Waals surface area (Å²) in [7, 11) is 0. The van der Waals surface area contributed by atoms with Gasteiger partial charge in [0.25, 0.3) is 0 Å². The van der Waals surface area contributed by atoms with Crippen molar-refractivity contribution < 1.29 is 26.5 Å². The van der Waals surface area contributed by atoms with E-state index in [-0.39, 0.29) is 5.92 Å². The molecule has 0 unspecified atom stereocenters. The van der Waals surface area contributed by atoms with Gasteiger partial charge >= 0.3 is 0 Å². The minimum absolute atomic E-state index is 0.329. The smallest absolute Gasteiger partial charge is 0.136 e. The molecule has 0 saturated carbocycles. The Morgan fingerprint density at radius 2 is 0.360 bits per heavy atom. The fourth-order valence-electron chi connectivity index (χ4n) is 17.6. The van der Waals surface area contributed by atoms with Gasteiger partial charge in [-0.1, -0.05) is 127 Å². The maximum atomic E-state index is 6.93. The van der Waals surface area contributed by atoms with Crippen molar-refractivity contribution >= 4 is 197 Å². The van der Waals surface area contributed by atoms with E-state index in [2.05, 4.69) is 305 Å². The molecule has 0 radical (unpaired) electrons. The van der Waals surface area contributed by atoms with Crippen molar-refractivity contribution in [2.24, 2.45) is 0 Å². The molecule has 0 aliphatic heterocycles. The molecule has 24 aromatic rings. The highest BCUT2D eigenvalue weighted by atomic mass is 16.4. The summed E-state index contributed by atoms with van der Waals surface area (Å²) < 4.78 is 48.3. The molecule has 9 heterocycles. The average Bonchev–Trinajstić information content (AvgIpc) is 1.57. The third-order valence-corrected chi connectivity index (χ3v) is 21.7. The zero-order chi connectivity index (χ0) is 64.7. The van der Waals surface area contributed by atoms with Gasteiger partial charge in [0.1, 0.15) is 67.0 Å². The van der Waals surface area contributed by atoms with Crippen molar-refractivity contribution in [3.8, 4) is 17.1 Å². The molecule has 0 amide bonds. The highest BCUT2D eigenvalue weighted by molar-refractivity contribution is 6.29. The number of benzene rings is 15. The fraction of sp³-hybridized carbons (Fsp3) is 0.0110. The quantitative estimate of drug-likeness (QED) is 0.154. The zero-order valence-electron chi connectivity index (χ0n) is 53.1. The van der Waals surface area contributed by atoms with Crippen LogP contribution in [-0.2, 0) is 0 Å². The van der Waals surface area contributed by atoms with E-state index < -0.39 is 0 Å². The molecule has 24 rings (SSSR count). The van der Waals surface area contributed by atoms with Crippen LogP contribution >= 0.6 is 0 Å². The lowest BCUT2D eigenvalue weighted by molar-refractivity contribution is 0.662. The molecule has 0 bridgehead atoms. The van der Waals surface area contributed by atoms with Gasteiger partial charge in [-0.15, -0.1) is 0 Å².